The molecule has 0 saturated carbocycles. The number of benzene rings is 1. The van der Waals surface area contributed by atoms with Gasteiger partial charge in [0.15, 0.2) is 0 Å². The van der Waals surface area contributed by atoms with Crippen LogP contribution in [0.4, 0.5) is 0 Å². The highest BCUT2D eigenvalue weighted by Gasteiger charge is 1.97. The van der Waals surface area contributed by atoms with Gasteiger partial charge in [0.05, 0.1) is 0 Å². The molecule has 1 aromatic rings. The van der Waals surface area contributed by atoms with Crippen molar-refractivity contribution in [3.63, 3.8) is 0 Å². The summed E-state index contributed by atoms with van der Waals surface area (Å²) in [6.45, 7) is 2.30. The van der Waals surface area contributed by atoms with Gasteiger partial charge in [-0.05, 0) is 12.5 Å². The fourth-order valence-corrected chi connectivity index (χ4v) is 1.24. The number of hydrogen-bond donors (Lipinski definition) is 2. The smallest absolute Gasteiger partial charge is 0.100 e. The maximum Gasteiger partial charge on any atom is 0.100 e. The highest BCUT2D eigenvalue weighted by atomic mass is 32.1. The largest absolute Gasteiger partial charge is 0.325 e. The lowest BCUT2D eigenvalue weighted by molar-refractivity contribution is 1.00. The van der Waals surface area contributed by atoms with Gasteiger partial charge < -0.3 is 5.73 Å². The molecule has 80 valence electrons. The number of nitrogens with zero attached hydrogens (tertiary/aromatic N) is 1. The van der Waals surface area contributed by atoms with Gasteiger partial charge in [0.2, 0.25) is 0 Å². The topological polar surface area (TPSA) is 50.4 Å². The van der Waals surface area contributed by atoms with E-state index in [1.165, 1.54) is 5.56 Å². The first-order chi connectivity index (χ1) is 7.22. The van der Waals surface area contributed by atoms with E-state index in [1.54, 1.807) is 0 Å². The molecular weight excluding hydrogens is 206 g/mol. The predicted molar refractivity (Wildman–Crippen MR) is 68.0 cm³/mol. The minimum absolute atomic E-state index is 0.445. The fourth-order valence-electron chi connectivity index (χ4n) is 1.02. The molecule has 3 N–H and O–H groups in total. The summed E-state index contributed by atoms with van der Waals surface area (Å²) >= 11 is 5.14. The predicted octanol–water partition coefficient (Wildman–Crippen LogP) is 1.48. The van der Waals surface area contributed by atoms with E-state index in [4.69, 9.17) is 18.0 Å². The Balaban J connectivity index is 2.44. The second kappa shape index (κ2) is 6.27. The molecule has 0 fully saturated rings. The summed E-state index contributed by atoms with van der Waals surface area (Å²) in [5.41, 5.74) is 10.2. The molecule has 0 radical (unpaired) electrons. The second-order valence-corrected chi connectivity index (χ2v) is 3.74. The van der Waals surface area contributed by atoms with Crippen molar-refractivity contribution in [2.24, 2.45) is 10.8 Å². The van der Waals surface area contributed by atoms with Gasteiger partial charge in [-0.15, -0.1) is 0 Å². The Bertz CT molecular complexity index is 346. The Morgan fingerprint density at radius 2 is 2.07 bits per heavy atom. The van der Waals surface area contributed by atoms with Crippen LogP contribution in [-0.2, 0) is 6.42 Å². The number of nitrogens with one attached hydrogen (secondary N) is 1. The molecule has 0 bridgehead atoms. The molecule has 0 aromatic heterocycles. The van der Waals surface area contributed by atoms with Crippen LogP contribution in [0.25, 0.3) is 0 Å². The third kappa shape index (κ3) is 4.67. The molecule has 0 aliphatic heterocycles. The zero-order valence-electron chi connectivity index (χ0n) is 8.73. The van der Waals surface area contributed by atoms with E-state index in [1.807, 2.05) is 37.3 Å². The van der Waals surface area contributed by atoms with Crippen LogP contribution in [0, 0.1) is 0 Å². The fraction of sp³-hybridized carbons (Fsp3) is 0.273. The van der Waals surface area contributed by atoms with Crippen molar-refractivity contribution in [1.29, 1.82) is 0 Å². The van der Waals surface area contributed by atoms with E-state index < -0.39 is 0 Å². The van der Waals surface area contributed by atoms with Crippen LogP contribution in [0.5, 0.6) is 0 Å². The van der Waals surface area contributed by atoms with Crippen LogP contribution in [0.3, 0.4) is 0 Å². The molecule has 0 heterocycles. The van der Waals surface area contributed by atoms with Gasteiger partial charge in [0.25, 0.3) is 0 Å². The van der Waals surface area contributed by atoms with Gasteiger partial charge in [0, 0.05) is 18.7 Å². The lowest BCUT2D eigenvalue weighted by Crippen LogP contribution is -2.21. The van der Waals surface area contributed by atoms with E-state index in [2.05, 4.69) is 10.5 Å². The minimum Gasteiger partial charge on any atom is -0.325 e. The van der Waals surface area contributed by atoms with E-state index in [9.17, 15) is 0 Å². The maximum atomic E-state index is 5.40. The van der Waals surface area contributed by atoms with E-state index in [-0.39, 0.29) is 0 Å². The average molecular weight is 221 g/mol. The molecule has 3 nitrogen and oxygen atoms in total. The third-order valence-corrected chi connectivity index (χ3v) is 2.11. The third-order valence-electron chi connectivity index (χ3n) is 1.87. The molecule has 0 amide bonds. The summed E-state index contributed by atoms with van der Waals surface area (Å²) in [7, 11) is 0. The van der Waals surface area contributed by atoms with Gasteiger partial charge in [-0.2, -0.15) is 5.10 Å². The van der Waals surface area contributed by atoms with Crippen molar-refractivity contribution in [2.45, 2.75) is 13.3 Å². The number of hydrogen-bond acceptors (Lipinski definition) is 3. The highest BCUT2D eigenvalue weighted by molar-refractivity contribution is 7.80. The number of nitrogens with two attached hydrogens (primary N) is 1. The zero-order valence-corrected chi connectivity index (χ0v) is 9.55. The van der Waals surface area contributed by atoms with Crippen LogP contribution in [-0.4, -0.2) is 17.2 Å². The molecule has 4 heteroatoms. The Morgan fingerprint density at radius 3 is 2.67 bits per heavy atom. The van der Waals surface area contributed by atoms with Crippen molar-refractivity contribution < 1.29 is 0 Å². The number of rotatable bonds is 4. The standard InChI is InChI=1S/C11H15N3S/c1-9(8-12)13-14-11(15)7-10-5-3-2-4-6-10/h2-6H,7-8,12H2,1H3,(H,14,15). The maximum absolute atomic E-state index is 5.40. The van der Waals surface area contributed by atoms with E-state index in [0.29, 0.717) is 18.0 Å². The summed E-state index contributed by atoms with van der Waals surface area (Å²) in [6.07, 6.45) is 0.706. The van der Waals surface area contributed by atoms with Gasteiger partial charge in [-0.1, -0.05) is 42.5 Å². The average Bonchev–Trinajstić information content (AvgIpc) is 2.27. The van der Waals surface area contributed by atoms with Crippen molar-refractivity contribution in [1.82, 2.24) is 5.43 Å². The molecule has 0 aliphatic rings. The minimum atomic E-state index is 0.445. The molecule has 0 atom stereocenters. The highest BCUT2D eigenvalue weighted by Crippen LogP contribution is 1.99. The molecule has 0 spiro atoms. The Kier molecular flexibility index (Phi) is 4.93. The summed E-state index contributed by atoms with van der Waals surface area (Å²) in [5.74, 6) is 0. The summed E-state index contributed by atoms with van der Waals surface area (Å²) in [4.78, 5) is 0.703. The quantitative estimate of drug-likeness (QED) is 0.460. The lowest BCUT2D eigenvalue weighted by Gasteiger charge is -2.03. The van der Waals surface area contributed by atoms with E-state index in [0.717, 1.165) is 5.71 Å². The Hall–Kier alpha value is -1.26. The van der Waals surface area contributed by atoms with Crippen molar-refractivity contribution in [2.75, 3.05) is 6.54 Å². The number of hydrazone groups is 1. The number of thiocarbonyl (C=S) groups is 1. The van der Waals surface area contributed by atoms with Crippen LogP contribution in [0.15, 0.2) is 35.4 Å². The lowest BCUT2D eigenvalue weighted by atomic mass is 10.2. The first kappa shape index (κ1) is 11.8. The molecule has 15 heavy (non-hydrogen) atoms. The van der Waals surface area contributed by atoms with Crippen molar-refractivity contribution in [3.8, 4) is 0 Å². The van der Waals surface area contributed by atoms with Gasteiger partial charge >= 0.3 is 0 Å². The first-order valence-corrected chi connectivity index (χ1v) is 5.19. The van der Waals surface area contributed by atoms with Crippen LogP contribution in [0.1, 0.15) is 12.5 Å². The summed E-state index contributed by atoms with van der Waals surface area (Å²) < 4.78 is 0. The molecule has 1 rings (SSSR count). The monoisotopic (exact) mass is 221 g/mol. The van der Waals surface area contributed by atoms with Gasteiger partial charge in [-0.25, -0.2) is 0 Å². The Labute approximate surface area is 95.4 Å². The Morgan fingerprint density at radius 1 is 1.40 bits per heavy atom. The van der Waals surface area contributed by atoms with Crippen LogP contribution >= 0.6 is 12.2 Å². The summed E-state index contributed by atoms with van der Waals surface area (Å²) in [5, 5.41) is 4.04. The zero-order chi connectivity index (χ0) is 11.1. The molecule has 1 aromatic carbocycles. The van der Waals surface area contributed by atoms with Gasteiger partial charge in [0.1, 0.15) is 4.99 Å². The second-order valence-electron chi connectivity index (χ2n) is 3.25. The summed E-state index contributed by atoms with van der Waals surface area (Å²) in [6, 6.07) is 10.0. The van der Waals surface area contributed by atoms with Crippen LogP contribution < -0.4 is 11.2 Å². The van der Waals surface area contributed by atoms with Gasteiger partial charge in [-0.3, -0.25) is 5.43 Å². The first-order valence-electron chi connectivity index (χ1n) is 4.78. The molecule has 0 saturated heterocycles. The molecule has 0 aliphatic carbocycles. The molecular formula is C11H15N3S. The van der Waals surface area contributed by atoms with Crippen molar-refractivity contribution >= 4 is 22.9 Å². The SMILES string of the molecule is CC(CN)=NNC(=S)Cc1ccccc1. The molecule has 0 unspecified atom stereocenters. The van der Waals surface area contributed by atoms with E-state index >= 15 is 0 Å². The van der Waals surface area contributed by atoms with Crippen molar-refractivity contribution in [3.05, 3.63) is 35.9 Å². The van der Waals surface area contributed by atoms with Crippen LogP contribution in [0.2, 0.25) is 0 Å². The normalized spacial score (nSPS) is 11.2.